The normalized spacial score (nSPS) is 19.1. The Kier molecular flexibility index (Phi) is 4.45. The third kappa shape index (κ3) is 3.06. The van der Waals surface area contributed by atoms with E-state index in [-0.39, 0.29) is 17.8 Å². The number of benzene rings is 1. The van der Waals surface area contributed by atoms with E-state index in [1.54, 1.807) is 6.07 Å². The monoisotopic (exact) mass is 325 g/mol. The highest BCUT2D eigenvalue weighted by atomic mass is 35.5. The van der Waals surface area contributed by atoms with E-state index in [2.05, 4.69) is 0 Å². The van der Waals surface area contributed by atoms with Gasteiger partial charge >= 0.3 is 0 Å². The third-order valence-corrected chi connectivity index (χ3v) is 5.33. The second kappa shape index (κ2) is 6.32. The smallest absolute Gasteiger partial charge is 0.264 e. The molecule has 1 unspecified atom stereocenters. The molecule has 1 fully saturated rings. The van der Waals surface area contributed by atoms with Crippen LogP contribution in [0.4, 0.5) is 4.39 Å². The number of amides is 1. The Bertz CT molecular complexity index is 655. The Hall–Kier alpha value is -1.13. The van der Waals surface area contributed by atoms with Crippen LogP contribution < -0.4 is 0 Å². The van der Waals surface area contributed by atoms with Gasteiger partial charge in [-0.3, -0.25) is 4.79 Å². The van der Waals surface area contributed by atoms with E-state index in [1.807, 2.05) is 11.0 Å². The van der Waals surface area contributed by atoms with Crippen molar-refractivity contribution < 1.29 is 9.18 Å². The summed E-state index contributed by atoms with van der Waals surface area (Å²) in [5.74, 6) is 0.374. The van der Waals surface area contributed by atoms with Gasteiger partial charge in [0.25, 0.3) is 5.91 Å². The number of fused-ring (bicyclic) bond motifs is 1. The van der Waals surface area contributed by atoms with Crippen LogP contribution in [0.2, 0.25) is 0 Å². The first-order valence-corrected chi connectivity index (χ1v) is 8.60. The average Bonchev–Trinajstić information content (AvgIpc) is 2.90. The molecule has 3 rings (SSSR count). The first kappa shape index (κ1) is 14.8. The van der Waals surface area contributed by atoms with Gasteiger partial charge in [-0.1, -0.05) is 6.07 Å². The number of carbonyl (C=O) groups excluding carboxylic acids is 1. The van der Waals surface area contributed by atoms with Crippen molar-refractivity contribution in [2.24, 2.45) is 0 Å². The highest BCUT2D eigenvalue weighted by Gasteiger charge is 2.27. The lowest BCUT2D eigenvalue weighted by atomic mass is 10.00. The van der Waals surface area contributed by atoms with Gasteiger partial charge in [0.2, 0.25) is 0 Å². The maximum absolute atomic E-state index is 13.3. The van der Waals surface area contributed by atoms with Crippen LogP contribution in [0.5, 0.6) is 0 Å². The zero-order chi connectivity index (χ0) is 14.8. The molecule has 1 amide bonds. The van der Waals surface area contributed by atoms with Crippen molar-refractivity contribution in [1.29, 1.82) is 0 Å². The number of rotatable bonds is 3. The number of likely N-dealkylation sites (tertiary alicyclic amines) is 1. The number of halogens is 2. The Morgan fingerprint density at radius 3 is 3.05 bits per heavy atom. The minimum atomic E-state index is -0.263. The molecular weight excluding hydrogens is 309 g/mol. The van der Waals surface area contributed by atoms with Gasteiger partial charge < -0.3 is 4.90 Å². The summed E-state index contributed by atoms with van der Waals surface area (Å²) < 4.78 is 14.1. The molecule has 0 radical (unpaired) electrons. The van der Waals surface area contributed by atoms with Crippen LogP contribution in [0.1, 0.15) is 35.4 Å². The summed E-state index contributed by atoms with van der Waals surface area (Å²) in [6, 6.07) is 6.76. The van der Waals surface area contributed by atoms with Crippen molar-refractivity contribution in [2.75, 3.05) is 12.4 Å². The van der Waals surface area contributed by atoms with E-state index in [0.717, 1.165) is 42.3 Å². The van der Waals surface area contributed by atoms with E-state index in [4.69, 9.17) is 11.6 Å². The molecule has 2 aromatic rings. The fourth-order valence-electron chi connectivity index (χ4n) is 2.95. The fourth-order valence-corrected chi connectivity index (χ4v) is 4.24. The summed E-state index contributed by atoms with van der Waals surface area (Å²) in [4.78, 5) is 15.4. The van der Waals surface area contributed by atoms with Gasteiger partial charge in [-0.25, -0.2) is 4.39 Å². The molecule has 1 aliphatic rings. The molecule has 21 heavy (non-hydrogen) atoms. The minimum Gasteiger partial charge on any atom is -0.335 e. The highest BCUT2D eigenvalue weighted by molar-refractivity contribution is 7.20. The van der Waals surface area contributed by atoms with Gasteiger partial charge in [-0.2, -0.15) is 0 Å². The van der Waals surface area contributed by atoms with Crippen LogP contribution in [0.15, 0.2) is 24.3 Å². The Morgan fingerprint density at radius 1 is 1.38 bits per heavy atom. The van der Waals surface area contributed by atoms with Gasteiger partial charge in [0.15, 0.2) is 0 Å². The molecule has 2 heterocycles. The van der Waals surface area contributed by atoms with Crippen molar-refractivity contribution in [3.05, 3.63) is 35.0 Å². The highest BCUT2D eigenvalue weighted by Crippen LogP contribution is 2.30. The van der Waals surface area contributed by atoms with Crippen molar-refractivity contribution in [1.82, 2.24) is 4.90 Å². The standard InChI is InChI=1S/C16H17ClFNOS/c17-7-6-13-3-1-2-8-19(13)16(20)15-9-11-4-5-12(18)10-14(11)21-15/h4-5,9-10,13H,1-3,6-8H2. The molecule has 1 aromatic carbocycles. The number of hydrogen-bond acceptors (Lipinski definition) is 2. The first-order chi connectivity index (χ1) is 10.2. The lowest BCUT2D eigenvalue weighted by Gasteiger charge is -2.35. The number of alkyl halides is 1. The summed E-state index contributed by atoms with van der Waals surface area (Å²) in [5.41, 5.74) is 0. The lowest BCUT2D eigenvalue weighted by molar-refractivity contribution is 0.0614. The Labute approximate surface area is 132 Å². The van der Waals surface area contributed by atoms with E-state index in [9.17, 15) is 9.18 Å². The molecule has 1 saturated heterocycles. The second-order valence-electron chi connectivity index (χ2n) is 5.42. The third-order valence-electron chi connectivity index (χ3n) is 4.02. The minimum absolute atomic E-state index is 0.0615. The molecule has 2 nitrogen and oxygen atoms in total. The lowest BCUT2D eigenvalue weighted by Crippen LogP contribution is -2.43. The summed E-state index contributed by atoms with van der Waals surface area (Å²) >= 11 is 7.22. The first-order valence-electron chi connectivity index (χ1n) is 7.25. The van der Waals surface area contributed by atoms with E-state index >= 15 is 0 Å². The van der Waals surface area contributed by atoms with Gasteiger partial charge in [0, 0.05) is 23.2 Å². The molecule has 112 valence electrons. The van der Waals surface area contributed by atoms with Gasteiger partial charge in [0.1, 0.15) is 5.82 Å². The van der Waals surface area contributed by atoms with Crippen LogP contribution in [0, 0.1) is 5.82 Å². The summed E-state index contributed by atoms with van der Waals surface area (Å²) in [5, 5.41) is 0.927. The van der Waals surface area contributed by atoms with Crippen LogP contribution in [-0.2, 0) is 0 Å². The molecule has 5 heteroatoms. The maximum atomic E-state index is 13.3. The molecule has 0 saturated carbocycles. The van der Waals surface area contributed by atoms with Crippen molar-refractivity contribution in [3.63, 3.8) is 0 Å². The largest absolute Gasteiger partial charge is 0.335 e. The van der Waals surface area contributed by atoms with Gasteiger partial charge in [-0.05, 0) is 49.3 Å². The van der Waals surface area contributed by atoms with Crippen molar-refractivity contribution in [3.8, 4) is 0 Å². The second-order valence-corrected chi connectivity index (χ2v) is 6.88. The molecule has 0 bridgehead atoms. The molecule has 1 aromatic heterocycles. The predicted octanol–water partition coefficient (Wildman–Crippen LogP) is 4.66. The molecular formula is C16H17ClFNOS. The fraction of sp³-hybridized carbons (Fsp3) is 0.438. The maximum Gasteiger partial charge on any atom is 0.264 e. The van der Waals surface area contributed by atoms with Crippen LogP contribution >= 0.6 is 22.9 Å². The van der Waals surface area contributed by atoms with Crippen LogP contribution in [0.25, 0.3) is 10.1 Å². The number of piperidine rings is 1. The van der Waals surface area contributed by atoms with E-state index in [1.165, 1.54) is 23.5 Å². The Balaban J connectivity index is 1.87. The van der Waals surface area contributed by atoms with E-state index < -0.39 is 0 Å². The number of thiophene rings is 1. The van der Waals surface area contributed by atoms with Crippen molar-refractivity contribution >= 4 is 38.9 Å². The summed E-state index contributed by atoms with van der Waals surface area (Å²) in [7, 11) is 0. The zero-order valence-corrected chi connectivity index (χ0v) is 13.2. The predicted molar refractivity (Wildman–Crippen MR) is 85.8 cm³/mol. The number of carbonyl (C=O) groups is 1. The van der Waals surface area contributed by atoms with E-state index in [0.29, 0.717) is 10.8 Å². The zero-order valence-electron chi connectivity index (χ0n) is 11.6. The average molecular weight is 326 g/mol. The van der Waals surface area contributed by atoms with Crippen LogP contribution in [0.3, 0.4) is 0 Å². The molecule has 0 N–H and O–H groups in total. The molecule has 1 atom stereocenters. The quantitative estimate of drug-likeness (QED) is 0.751. The molecule has 0 aliphatic carbocycles. The topological polar surface area (TPSA) is 20.3 Å². The summed E-state index contributed by atoms with van der Waals surface area (Å²) in [6.07, 6.45) is 4.07. The number of hydrogen-bond donors (Lipinski definition) is 0. The summed E-state index contributed by atoms with van der Waals surface area (Å²) in [6.45, 7) is 0.795. The molecule has 1 aliphatic heterocycles. The van der Waals surface area contributed by atoms with Gasteiger partial charge in [0.05, 0.1) is 4.88 Å². The van der Waals surface area contributed by atoms with Crippen molar-refractivity contribution in [2.45, 2.75) is 31.7 Å². The molecule has 0 spiro atoms. The SMILES string of the molecule is O=C(c1cc2ccc(F)cc2s1)N1CCCCC1CCCl. The van der Waals surface area contributed by atoms with Gasteiger partial charge in [-0.15, -0.1) is 22.9 Å². The number of nitrogens with zero attached hydrogens (tertiary/aromatic N) is 1. The Morgan fingerprint density at radius 2 is 2.24 bits per heavy atom. The van der Waals surface area contributed by atoms with Crippen LogP contribution in [-0.4, -0.2) is 29.3 Å².